The average molecular weight is 301 g/mol. The molecule has 1 heterocycles. The number of benzene rings is 1. The van der Waals surface area contributed by atoms with Gasteiger partial charge in [-0.25, -0.2) is 4.98 Å². The molecule has 2 aromatic rings. The summed E-state index contributed by atoms with van der Waals surface area (Å²) in [6.07, 6.45) is 2.31. The van der Waals surface area contributed by atoms with E-state index >= 15 is 0 Å². The molecule has 1 amide bonds. The molecular formula is C16H19N3O3. The maximum Gasteiger partial charge on any atom is 0.255 e. The number of hydrogen-bond acceptors (Lipinski definition) is 5. The molecule has 0 spiro atoms. The minimum absolute atomic E-state index is 0.228. The predicted octanol–water partition coefficient (Wildman–Crippen LogP) is 2.33. The van der Waals surface area contributed by atoms with Crippen molar-refractivity contribution >= 4 is 17.4 Å². The first-order valence-corrected chi connectivity index (χ1v) is 6.94. The van der Waals surface area contributed by atoms with Gasteiger partial charge in [-0.05, 0) is 30.3 Å². The first-order chi connectivity index (χ1) is 10.7. The van der Waals surface area contributed by atoms with Crippen molar-refractivity contribution in [2.75, 3.05) is 31.4 Å². The van der Waals surface area contributed by atoms with E-state index in [1.54, 1.807) is 37.4 Å². The standard InChI is InChI=1S/C16H19N3O3/c1-21-8-3-9-22-14-5-2-4-12(10-14)16(20)19-13-6-7-15(17)18-11-13/h2,4-7,10-11H,3,8-9H2,1H3,(H2,17,18)(H,19,20). The number of nitrogens with two attached hydrogens (primary N) is 1. The van der Waals surface area contributed by atoms with Gasteiger partial charge in [-0.1, -0.05) is 6.07 Å². The second-order valence-corrected chi connectivity index (χ2v) is 4.65. The number of nitrogens with zero attached hydrogens (tertiary/aromatic N) is 1. The SMILES string of the molecule is COCCCOc1cccc(C(=O)Nc2ccc(N)nc2)c1. The Bertz CT molecular complexity index is 614. The largest absolute Gasteiger partial charge is 0.493 e. The summed E-state index contributed by atoms with van der Waals surface area (Å²) in [5.41, 5.74) is 6.61. The maximum absolute atomic E-state index is 12.2. The van der Waals surface area contributed by atoms with E-state index in [9.17, 15) is 4.79 Å². The van der Waals surface area contributed by atoms with Gasteiger partial charge in [0.2, 0.25) is 0 Å². The summed E-state index contributed by atoms with van der Waals surface area (Å²) in [7, 11) is 1.65. The van der Waals surface area contributed by atoms with Crippen LogP contribution in [0.25, 0.3) is 0 Å². The molecule has 2 rings (SSSR count). The van der Waals surface area contributed by atoms with Gasteiger partial charge in [0.15, 0.2) is 0 Å². The Labute approximate surface area is 129 Å². The first-order valence-electron chi connectivity index (χ1n) is 6.94. The van der Waals surface area contributed by atoms with Gasteiger partial charge in [-0.15, -0.1) is 0 Å². The monoisotopic (exact) mass is 301 g/mol. The highest BCUT2D eigenvalue weighted by molar-refractivity contribution is 6.04. The number of nitrogens with one attached hydrogen (secondary N) is 1. The minimum Gasteiger partial charge on any atom is -0.493 e. The number of amides is 1. The number of carbonyl (C=O) groups is 1. The summed E-state index contributed by atoms with van der Waals surface area (Å²) >= 11 is 0. The zero-order valence-electron chi connectivity index (χ0n) is 12.4. The van der Waals surface area contributed by atoms with Crippen LogP contribution in [0.15, 0.2) is 42.6 Å². The Morgan fingerprint density at radius 3 is 2.86 bits per heavy atom. The molecule has 116 valence electrons. The van der Waals surface area contributed by atoms with Gasteiger partial charge in [-0.2, -0.15) is 0 Å². The van der Waals surface area contributed by atoms with Crippen molar-refractivity contribution in [1.29, 1.82) is 0 Å². The summed E-state index contributed by atoms with van der Waals surface area (Å²) in [6, 6.07) is 10.3. The molecule has 22 heavy (non-hydrogen) atoms. The number of ether oxygens (including phenoxy) is 2. The highest BCUT2D eigenvalue weighted by atomic mass is 16.5. The van der Waals surface area contributed by atoms with Crippen LogP contribution in [0.1, 0.15) is 16.8 Å². The van der Waals surface area contributed by atoms with E-state index in [1.165, 1.54) is 6.20 Å². The van der Waals surface area contributed by atoms with Crippen LogP contribution in [0.5, 0.6) is 5.75 Å². The molecule has 1 aromatic heterocycles. The Morgan fingerprint density at radius 1 is 1.27 bits per heavy atom. The second-order valence-electron chi connectivity index (χ2n) is 4.65. The smallest absolute Gasteiger partial charge is 0.255 e. The highest BCUT2D eigenvalue weighted by Gasteiger charge is 2.07. The van der Waals surface area contributed by atoms with Gasteiger partial charge >= 0.3 is 0 Å². The molecule has 0 aliphatic rings. The van der Waals surface area contributed by atoms with Gasteiger partial charge in [0.05, 0.1) is 18.5 Å². The van der Waals surface area contributed by atoms with Gasteiger partial charge in [0, 0.05) is 25.7 Å². The third-order valence-corrected chi connectivity index (χ3v) is 2.90. The molecule has 0 bridgehead atoms. The summed E-state index contributed by atoms with van der Waals surface area (Å²) in [4.78, 5) is 16.1. The molecule has 0 fully saturated rings. The van der Waals surface area contributed by atoms with Gasteiger partial charge in [-0.3, -0.25) is 4.79 Å². The number of methoxy groups -OCH3 is 1. The number of anilines is 2. The van der Waals surface area contributed by atoms with Crippen LogP contribution < -0.4 is 15.8 Å². The van der Waals surface area contributed by atoms with Crippen LogP contribution >= 0.6 is 0 Å². The van der Waals surface area contributed by atoms with Crippen LogP contribution in [-0.4, -0.2) is 31.2 Å². The van der Waals surface area contributed by atoms with Crippen molar-refractivity contribution in [3.8, 4) is 5.75 Å². The number of rotatable bonds is 7. The number of hydrogen-bond donors (Lipinski definition) is 2. The fourth-order valence-electron chi connectivity index (χ4n) is 1.80. The normalized spacial score (nSPS) is 10.2. The van der Waals surface area contributed by atoms with Crippen LogP contribution in [0.2, 0.25) is 0 Å². The molecule has 0 saturated carbocycles. The van der Waals surface area contributed by atoms with E-state index in [0.29, 0.717) is 36.0 Å². The van der Waals surface area contributed by atoms with Crippen LogP contribution in [0.4, 0.5) is 11.5 Å². The molecule has 6 heteroatoms. The van der Waals surface area contributed by atoms with Crippen molar-refractivity contribution in [2.45, 2.75) is 6.42 Å². The average Bonchev–Trinajstić information content (AvgIpc) is 2.54. The first kappa shape index (κ1) is 15.8. The van der Waals surface area contributed by atoms with Crippen LogP contribution in [-0.2, 0) is 4.74 Å². The van der Waals surface area contributed by atoms with Gasteiger partial charge in [0.1, 0.15) is 11.6 Å². The zero-order valence-corrected chi connectivity index (χ0v) is 12.4. The van der Waals surface area contributed by atoms with Crippen molar-refractivity contribution in [2.24, 2.45) is 0 Å². The number of aromatic nitrogens is 1. The van der Waals surface area contributed by atoms with E-state index in [4.69, 9.17) is 15.2 Å². The summed E-state index contributed by atoms with van der Waals surface area (Å²) < 4.78 is 10.5. The molecule has 0 saturated heterocycles. The second kappa shape index (κ2) is 7.99. The van der Waals surface area contributed by atoms with Gasteiger partial charge in [0.25, 0.3) is 5.91 Å². The molecule has 0 aliphatic heterocycles. The number of pyridine rings is 1. The molecule has 3 N–H and O–H groups in total. The minimum atomic E-state index is -0.228. The Balaban J connectivity index is 1.96. The summed E-state index contributed by atoms with van der Waals surface area (Å²) in [5.74, 6) is 0.831. The lowest BCUT2D eigenvalue weighted by Gasteiger charge is -2.08. The van der Waals surface area contributed by atoms with E-state index in [-0.39, 0.29) is 5.91 Å². The molecule has 0 unspecified atom stereocenters. The zero-order chi connectivity index (χ0) is 15.8. The third-order valence-electron chi connectivity index (χ3n) is 2.90. The maximum atomic E-state index is 12.2. The van der Waals surface area contributed by atoms with Crippen molar-refractivity contribution in [3.63, 3.8) is 0 Å². The van der Waals surface area contributed by atoms with E-state index in [0.717, 1.165) is 6.42 Å². The van der Waals surface area contributed by atoms with Crippen molar-refractivity contribution in [3.05, 3.63) is 48.2 Å². The highest BCUT2D eigenvalue weighted by Crippen LogP contribution is 2.15. The molecule has 0 radical (unpaired) electrons. The molecule has 6 nitrogen and oxygen atoms in total. The van der Waals surface area contributed by atoms with E-state index in [2.05, 4.69) is 10.3 Å². The Hall–Kier alpha value is -2.60. The van der Waals surface area contributed by atoms with E-state index in [1.807, 2.05) is 6.07 Å². The number of carbonyl (C=O) groups excluding carboxylic acids is 1. The van der Waals surface area contributed by atoms with Crippen molar-refractivity contribution < 1.29 is 14.3 Å². The molecule has 0 aliphatic carbocycles. The quantitative estimate of drug-likeness (QED) is 0.766. The fraction of sp³-hybridized carbons (Fsp3) is 0.250. The fourth-order valence-corrected chi connectivity index (χ4v) is 1.80. The summed E-state index contributed by atoms with van der Waals surface area (Å²) in [5, 5.41) is 2.76. The molecule has 0 atom stereocenters. The molecular weight excluding hydrogens is 282 g/mol. The Morgan fingerprint density at radius 2 is 2.14 bits per heavy atom. The van der Waals surface area contributed by atoms with Crippen molar-refractivity contribution in [1.82, 2.24) is 4.98 Å². The number of nitrogen functional groups attached to an aromatic ring is 1. The lowest BCUT2D eigenvalue weighted by atomic mass is 10.2. The third kappa shape index (κ3) is 4.75. The summed E-state index contributed by atoms with van der Waals surface area (Å²) in [6.45, 7) is 1.19. The Kier molecular flexibility index (Phi) is 5.73. The lowest BCUT2D eigenvalue weighted by Crippen LogP contribution is -2.12. The topological polar surface area (TPSA) is 86.5 Å². The van der Waals surface area contributed by atoms with Crippen LogP contribution in [0.3, 0.4) is 0 Å². The predicted molar refractivity (Wildman–Crippen MR) is 85.0 cm³/mol. The van der Waals surface area contributed by atoms with Gasteiger partial charge < -0.3 is 20.5 Å². The van der Waals surface area contributed by atoms with Crippen LogP contribution in [0, 0.1) is 0 Å². The van der Waals surface area contributed by atoms with E-state index < -0.39 is 0 Å². The lowest BCUT2D eigenvalue weighted by molar-refractivity contribution is 0.102. The molecule has 1 aromatic carbocycles.